The third-order valence-electron chi connectivity index (χ3n) is 2.16. The SMILES string of the molecule is C=C(C)N=C(CC)N(CC)CCCC. The van der Waals surface area contributed by atoms with Gasteiger partial charge in [0.15, 0.2) is 0 Å². The van der Waals surface area contributed by atoms with Gasteiger partial charge in [0.25, 0.3) is 0 Å². The van der Waals surface area contributed by atoms with Crippen LogP contribution in [0.1, 0.15) is 47.0 Å². The summed E-state index contributed by atoms with van der Waals surface area (Å²) in [6.07, 6.45) is 3.47. The molecule has 0 rings (SSSR count). The number of hydrogen-bond acceptors (Lipinski definition) is 1. The van der Waals surface area contributed by atoms with Crippen molar-refractivity contribution >= 4 is 5.84 Å². The van der Waals surface area contributed by atoms with Gasteiger partial charge in [-0.05, 0) is 20.3 Å². The first-order valence-electron chi connectivity index (χ1n) is 5.63. The van der Waals surface area contributed by atoms with E-state index in [0.29, 0.717) is 0 Å². The number of unbranched alkanes of at least 4 members (excludes halogenated alkanes) is 1. The van der Waals surface area contributed by atoms with Crippen LogP contribution in [0.2, 0.25) is 0 Å². The van der Waals surface area contributed by atoms with Gasteiger partial charge in [0.05, 0.1) is 0 Å². The summed E-state index contributed by atoms with van der Waals surface area (Å²) in [6.45, 7) is 14.5. The van der Waals surface area contributed by atoms with Crippen LogP contribution in [0.4, 0.5) is 0 Å². The van der Waals surface area contributed by atoms with E-state index in [1.54, 1.807) is 0 Å². The zero-order chi connectivity index (χ0) is 11.0. The van der Waals surface area contributed by atoms with E-state index in [1.165, 1.54) is 18.7 Å². The highest BCUT2D eigenvalue weighted by atomic mass is 15.2. The lowest BCUT2D eigenvalue weighted by Gasteiger charge is -2.24. The van der Waals surface area contributed by atoms with Crippen molar-refractivity contribution in [2.24, 2.45) is 4.99 Å². The smallest absolute Gasteiger partial charge is 0.104 e. The van der Waals surface area contributed by atoms with Gasteiger partial charge in [-0.3, -0.25) is 0 Å². The summed E-state index contributed by atoms with van der Waals surface area (Å²) in [5.74, 6) is 1.17. The van der Waals surface area contributed by atoms with Crippen LogP contribution in [0.5, 0.6) is 0 Å². The average molecular weight is 196 g/mol. The topological polar surface area (TPSA) is 15.6 Å². The zero-order valence-electron chi connectivity index (χ0n) is 10.1. The van der Waals surface area contributed by atoms with Gasteiger partial charge < -0.3 is 4.90 Å². The van der Waals surface area contributed by atoms with Crippen molar-refractivity contribution in [2.75, 3.05) is 13.1 Å². The molecular weight excluding hydrogens is 172 g/mol. The molecule has 0 aliphatic carbocycles. The molecule has 0 aromatic heterocycles. The van der Waals surface area contributed by atoms with Gasteiger partial charge in [-0.1, -0.05) is 26.8 Å². The summed E-state index contributed by atoms with van der Waals surface area (Å²) >= 11 is 0. The number of hydrogen-bond donors (Lipinski definition) is 0. The first-order chi connectivity index (χ1) is 6.65. The highest BCUT2D eigenvalue weighted by molar-refractivity contribution is 5.82. The average Bonchev–Trinajstić information content (AvgIpc) is 2.16. The predicted octanol–water partition coefficient (Wildman–Crippen LogP) is 3.45. The Bertz CT molecular complexity index is 194. The number of allylic oxidation sites excluding steroid dienone is 1. The van der Waals surface area contributed by atoms with E-state index in [0.717, 1.165) is 25.2 Å². The Labute approximate surface area is 88.7 Å². The molecule has 0 bridgehead atoms. The third-order valence-corrected chi connectivity index (χ3v) is 2.16. The van der Waals surface area contributed by atoms with Crippen molar-refractivity contribution in [1.82, 2.24) is 4.90 Å². The first kappa shape index (κ1) is 13.2. The molecule has 0 aromatic rings. The molecular formula is C12H24N2. The molecule has 0 aliphatic rings. The number of nitrogens with zero attached hydrogens (tertiary/aromatic N) is 2. The second kappa shape index (κ2) is 7.60. The zero-order valence-corrected chi connectivity index (χ0v) is 10.1. The van der Waals surface area contributed by atoms with E-state index >= 15 is 0 Å². The normalized spacial score (nSPS) is 11.6. The fraction of sp³-hybridized carbons (Fsp3) is 0.750. The van der Waals surface area contributed by atoms with E-state index in [4.69, 9.17) is 0 Å². The van der Waals surface area contributed by atoms with E-state index < -0.39 is 0 Å². The molecule has 0 aliphatic heterocycles. The van der Waals surface area contributed by atoms with Crippen LogP contribution in [-0.2, 0) is 0 Å². The highest BCUT2D eigenvalue weighted by Gasteiger charge is 2.05. The highest BCUT2D eigenvalue weighted by Crippen LogP contribution is 2.03. The second-order valence-corrected chi connectivity index (χ2v) is 3.55. The molecule has 0 radical (unpaired) electrons. The van der Waals surface area contributed by atoms with E-state index in [2.05, 4.69) is 37.2 Å². The number of aliphatic imine (C=N–C) groups is 1. The maximum Gasteiger partial charge on any atom is 0.104 e. The van der Waals surface area contributed by atoms with Crippen LogP contribution in [0.3, 0.4) is 0 Å². The van der Waals surface area contributed by atoms with Gasteiger partial charge in [0, 0.05) is 25.2 Å². The van der Waals surface area contributed by atoms with E-state index in [-0.39, 0.29) is 0 Å². The molecule has 0 spiro atoms. The van der Waals surface area contributed by atoms with E-state index in [1.807, 2.05) is 6.92 Å². The van der Waals surface area contributed by atoms with Gasteiger partial charge in [0.1, 0.15) is 5.84 Å². The summed E-state index contributed by atoms with van der Waals surface area (Å²) in [4.78, 5) is 6.81. The van der Waals surface area contributed by atoms with Crippen LogP contribution in [0, 0.1) is 0 Å². The fourth-order valence-corrected chi connectivity index (χ4v) is 1.41. The second-order valence-electron chi connectivity index (χ2n) is 3.55. The Hall–Kier alpha value is -0.790. The van der Waals surface area contributed by atoms with Crippen LogP contribution in [0.25, 0.3) is 0 Å². The van der Waals surface area contributed by atoms with Crippen molar-refractivity contribution < 1.29 is 0 Å². The fourth-order valence-electron chi connectivity index (χ4n) is 1.41. The molecule has 0 saturated heterocycles. The minimum Gasteiger partial charge on any atom is -0.360 e. The third kappa shape index (κ3) is 5.05. The maximum absolute atomic E-state index is 4.47. The Balaban J connectivity index is 4.36. The summed E-state index contributed by atoms with van der Waals surface area (Å²) in [5, 5.41) is 0. The van der Waals surface area contributed by atoms with Crippen molar-refractivity contribution in [3.8, 4) is 0 Å². The molecule has 2 nitrogen and oxygen atoms in total. The van der Waals surface area contributed by atoms with E-state index in [9.17, 15) is 0 Å². The lowest BCUT2D eigenvalue weighted by molar-refractivity contribution is 0.420. The Morgan fingerprint density at radius 1 is 1.29 bits per heavy atom. The van der Waals surface area contributed by atoms with Crippen LogP contribution >= 0.6 is 0 Å². The molecule has 2 heteroatoms. The Kier molecular flexibility index (Phi) is 7.17. The molecule has 0 heterocycles. The predicted molar refractivity (Wildman–Crippen MR) is 64.7 cm³/mol. The van der Waals surface area contributed by atoms with Gasteiger partial charge in [-0.15, -0.1) is 0 Å². The summed E-state index contributed by atoms with van der Waals surface area (Å²) in [6, 6.07) is 0. The minimum absolute atomic E-state index is 0.900. The van der Waals surface area contributed by atoms with Crippen LogP contribution in [-0.4, -0.2) is 23.8 Å². The molecule has 14 heavy (non-hydrogen) atoms. The molecule has 0 N–H and O–H groups in total. The quantitative estimate of drug-likeness (QED) is 0.469. The molecule has 0 saturated carbocycles. The van der Waals surface area contributed by atoms with Crippen molar-refractivity contribution in [2.45, 2.75) is 47.0 Å². The minimum atomic E-state index is 0.900. The summed E-state index contributed by atoms with van der Waals surface area (Å²) in [7, 11) is 0. The molecule has 82 valence electrons. The van der Waals surface area contributed by atoms with Gasteiger partial charge in [-0.25, -0.2) is 4.99 Å². The monoisotopic (exact) mass is 196 g/mol. The van der Waals surface area contributed by atoms with Gasteiger partial charge >= 0.3 is 0 Å². The van der Waals surface area contributed by atoms with Crippen molar-refractivity contribution in [1.29, 1.82) is 0 Å². The number of amidine groups is 1. The molecule has 0 unspecified atom stereocenters. The molecule has 0 amide bonds. The van der Waals surface area contributed by atoms with Crippen LogP contribution < -0.4 is 0 Å². The maximum atomic E-state index is 4.47. The summed E-state index contributed by atoms with van der Waals surface area (Å²) < 4.78 is 0. The standard InChI is InChI=1S/C12H24N2/c1-6-9-10-14(8-3)12(7-2)13-11(4)5/h4,6-10H2,1-3,5H3. The Morgan fingerprint density at radius 3 is 2.29 bits per heavy atom. The van der Waals surface area contributed by atoms with Gasteiger partial charge in [-0.2, -0.15) is 0 Å². The van der Waals surface area contributed by atoms with Gasteiger partial charge in [0.2, 0.25) is 0 Å². The van der Waals surface area contributed by atoms with Crippen LogP contribution in [0.15, 0.2) is 17.3 Å². The van der Waals surface area contributed by atoms with Crippen molar-refractivity contribution in [3.63, 3.8) is 0 Å². The lowest BCUT2D eigenvalue weighted by atomic mass is 10.3. The summed E-state index contributed by atoms with van der Waals surface area (Å²) in [5.41, 5.74) is 0.900. The Morgan fingerprint density at radius 2 is 1.93 bits per heavy atom. The molecule has 0 aromatic carbocycles. The van der Waals surface area contributed by atoms with Crippen molar-refractivity contribution in [3.05, 3.63) is 12.3 Å². The molecule has 0 fully saturated rings. The molecule has 0 atom stereocenters. The largest absolute Gasteiger partial charge is 0.360 e. The number of rotatable bonds is 6. The first-order valence-corrected chi connectivity index (χ1v) is 5.63. The lowest BCUT2D eigenvalue weighted by Crippen LogP contribution is -2.31.